The summed E-state index contributed by atoms with van der Waals surface area (Å²) in [5, 5.41) is 0. The number of hydrogen-bond acceptors (Lipinski definition) is 3. The van der Waals surface area contributed by atoms with Crippen molar-refractivity contribution in [3.63, 3.8) is 0 Å². The highest BCUT2D eigenvalue weighted by atomic mass is 16.6. The molecule has 1 saturated heterocycles. The van der Waals surface area contributed by atoms with Gasteiger partial charge >= 0.3 is 5.97 Å². The van der Waals surface area contributed by atoms with Gasteiger partial charge in [0.25, 0.3) is 0 Å². The van der Waals surface area contributed by atoms with Crippen LogP contribution in [0.3, 0.4) is 0 Å². The molecule has 80 valence electrons. The van der Waals surface area contributed by atoms with Crippen LogP contribution in [0.5, 0.6) is 0 Å². The van der Waals surface area contributed by atoms with Crippen molar-refractivity contribution in [2.75, 3.05) is 6.61 Å². The molecule has 0 radical (unpaired) electrons. The van der Waals surface area contributed by atoms with E-state index in [0.29, 0.717) is 6.61 Å². The second-order valence-corrected chi connectivity index (χ2v) is 3.64. The molecule has 2 rings (SSSR count). The molecule has 3 heteroatoms. The van der Waals surface area contributed by atoms with Crippen molar-refractivity contribution in [1.82, 2.24) is 0 Å². The smallest absolute Gasteiger partial charge is 0.338 e. The van der Waals surface area contributed by atoms with Gasteiger partial charge in [0.05, 0.1) is 6.61 Å². The van der Waals surface area contributed by atoms with Crippen molar-refractivity contribution < 1.29 is 14.3 Å². The summed E-state index contributed by atoms with van der Waals surface area (Å²) < 4.78 is 10.2. The molecule has 0 aliphatic carbocycles. The van der Waals surface area contributed by atoms with Gasteiger partial charge in [-0.2, -0.15) is 0 Å². The summed E-state index contributed by atoms with van der Waals surface area (Å²) >= 11 is 0. The van der Waals surface area contributed by atoms with Crippen molar-refractivity contribution in [3.05, 3.63) is 35.4 Å². The first-order chi connectivity index (χ1) is 7.22. The van der Waals surface area contributed by atoms with Crippen LogP contribution < -0.4 is 0 Å². The quantitative estimate of drug-likeness (QED) is 0.561. The number of carbonyl (C=O) groups excluding carboxylic acids is 1. The van der Waals surface area contributed by atoms with E-state index in [1.54, 1.807) is 6.92 Å². The highest BCUT2D eigenvalue weighted by Crippen LogP contribution is 2.39. The van der Waals surface area contributed by atoms with E-state index in [1.807, 2.05) is 31.2 Å². The third-order valence-corrected chi connectivity index (χ3v) is 2.42. The lowest BCUT2D eigenvalue weighted by molar-refractivity contribution is -0.144. The molecule has 1 aliphatic rings. The minimum Gasteiger partial charge on any atom is -0.464 e. The maximum absolute atomic E-state index is 11.3. The normalized spacial score (nSPS) is 23.6. The maximum Gasteiger partial charge on any atom is 0.338 e. The molecular formula is C12H14O3. The first-order valence-electron chi connectivity index (χ1n) is 5.11. The molecule has 2 atom stereocenters. The number of benzene rings is 1. The molecule has 1 aromatic carbocycles. The Morgan fingerprint density at radius 2 is 2.07 bits per heavy atom. The summed E-state index contributed by atoms with van der Waals surface area (Å²) in [5.74, 6) is -0.261. The van der Waals surface area contributed by atoms with Gasteiger partial charge in [0.15, 0.2) is 6.10 Å². The van der Waals surface area contributed by atoms with Gasteiger partial charge in [-0.25, -0.2) is 4.79 Å². The fourth-order valence-corrected chi connectivity index (χ4v) is 1.53. The lowest BCUT2D eigenvalue weighted by Crippen LogP contribution is -2.11. The van der Waals surface area contributed by atoms with Crippen LogP contribution in [0.2, 0.25) is 0 Å². The molecule has 0 N–H and O–H groups in total. The Hall–Kier alpha value is -1.35. The van der Waals surface area contributed by atoms with Crippen LogP contribution in [0, 0.1) is 6.92 Å². The number of rotatable bonds is 3. The lowest BCUT2D eigenvalue weighted by Gasteiger charge is -1.98. The van der Waals surface area contributed by atoms with Gasteiger partial charge in [0.2, 0.25) is 0 Å². The molecule has 0 saturated carbocycles. The van der Waals surface area contributed by atoms with Gasteiger partial charge in [-0.3, -0.25) is 0 Å². The van der Waals surface area contributed by atoms with E-state index < -0.39 is 6.10 Å². The zero-order chi connectivity index (χ0) is 10.8. The van der Waals surface area contributed by atoms with Gasteiger partial charge in [-0.15, -0.1) is 0 Å². The van der Waals surface area contributed by atoms with Crippen molar-refractivity contribution >= 4 is 5.97 Å². The summed E-state index contributed by atoms with van der Waals surface area (Å²) in [6.07, 6.45) is -0.502. The predicted octanol–water partition coefficient (Wildman–Crippen LogP) is 2.00. The fourth-order valence-electron chi connectivity index (χ4n) is 1.53. The van der Waals surface area contributed by atoms with E-state index in [2.05, 4.69) is 0 Å². The lowest BCUT2D eigenvalue weighted by atomic mass is 10.1. The highest BCUT2D eigenvalue weighted by molar-refractivity contribution is 5.78. The zero-order valence-electron chi connectivity index (χ0n) is 8.90. The van der Waals surface area contributed by atoms with E-state index in [-0.39, 0.29) is 12.1 Å². The van der Waals surface area contributed by atoms with Crippen LogP contribution in [0.15, 0.2) is 24.3 Å². The van der Waals surface area contributed by atoms with Crippen molar-refractivity contribution in [3.8, 4) is 0 Å². The zero-order valence-corrected chi connectivity index (χ0v) is 8.90. The minimum atomic E-state index is -0.396. The second kappa shape index (κ2) is 4.03. The van der Waals surface area contributed by atoms with E-state index in [9.17, 15) is 4.79 Å². The Morgan fingerprint density at radius 1 is 1.40 bits per heavy atom. The predicted molar refractivity (Wildman–Crippen MR) is 55.4 cm³/mol. The van der Waals surface area contributed by atoms with Crippen LogP contribution >= 0.6 is 0 Å². The topological polar surface area (TPSA) is 38.8 Å². The van der Waals surface area contributed by atoms with Crippen molar-refractivity contribution in [2.24, 2.45) is 0 Å². The summed E-state index contributed by atoms with van der Waals surface area (Å²) in [5.41, 5.74) is 2.24. The average Bonchev–Trinajstić information content (AvgIpc) is 2.99. The standard InChI is InChI=1S/C12H14O3/c1-3-14-12(13)11-10(15-11)9-6-4-8(2)5-7-9/h4-7,10-11H,3H2,1-2H3/t10-,11+/m0/s1. The molecular weight excluding hydrogens is 192 g/mol. The molecule has 1 fully saturated rings. The minimum absolute atomic E-state index is 0.107. The van der Waals surface area contributed by atoms with Gasteiger partial charge in [0, 0.05) is 0 Å². The molecule has 1 aliphatic heterocycles. The second-order valence-electron chi connectivity index (χ2n) is 3.64. The third kappa shape index (κ3) is 2.18. The molecule has 0 unspecified atom stereocenters. The number of epoxide rings is 1. The van der Waals surface area contributed by atoms with Crippen LogP contribution in [0.4, 0.5) is 0 Å². The van der Waals surface area contributed by atoms with Gasteiger partial charge in [0.1, 0.15) is 6.10 Å². The summed E-state index contributed by atoms with van der Waals surface area (Å²) in [4.78, 5) is 11.3. The fraction of sp³-hybridized carbons (Fsp3) is 0.417. The van der Waals surface area contributed by atoms with E-state index >= 15 is 0 Å². The number of aryl methyl sites for hydroxylation is 1. The monoisotopic (exact) mass is 206 g/mol. The third-order valence-electron chi connectivity index (χ3n) is 2.42. The molecule has 0 spiro atoms. The summed E-state index contributed by atoms with van der Waals surface area (Å²) in [6, 6.07) is 8.00. The molecule has 15 heavy (non-hydrogen) atoms. The van der Waals surface area contributed by atoms with E-state index in [1.165, 1.54) is 5.56 Å². The van der Waals surface area contributed by atoms with Crippen LogP contribution in [-0.4, -0.2) is 18.7 Å². The van der Waals surface area contributed by atoms with Gasteiger partial charge in [-0.05, 0) is 19.4 Å². The van der Waals surface area contributed by atoms with Gasteiger partial charge < -0.3 is 9.47 Å². The highest BCUT2D eigenvalue weighted by Gasteiger charge is 2.47. The molecule has 1 heterocycles. The van der Waals surface area contributed by atoms with Crippen molar-refractivity contribution in [2.45, 2.75) is 26.1 Å². The Kier molecular flexibility index (Phi) is 2.73. The van der Waals surface area contributed by atoms with E-state index in [0.717, 1.165) is 5.56 Å². The SMILES string of the molecule is CCOC(=O)[C@@H]1O[C@H]1c1ccc(C)cc1. The summed E-state index contributed by atoms with van der Waals surface area (Å²) in [7, 11) is 0. The Balaban J connectivity index is 1.98. The summed E-state index contributed by atoms with van der Waals surface area (Å²) in [6.45, 7) is 4.22. The molecule has 0 amide bonds. The molecule has 3 nitrogen and oxygen atoms in total. The molecule has 1 aromatic rings. The molecule has 0 aromatic heterocycles. The number of esters is 1. The largest absolute Gasteiger partial charge is 0.464 e. The number of carbonyl (C=O) groups is 1. The Labute approximate surface area is 89.0 Å². The maximum atomic E-state index is 11.3. The van der Waals surface area contributed by atoms with Gasteiger partial charge in [-0.1, -0.05) is 29.8 Å². The Morgan fingerprint density at radius 3 is 2.67 bits per heavy atom. The van der Waals surface area contributed by atoms with Crippen LogP contribution in [-0.2, 0) is 14.3 Å². The van der Waals surface area contributed by atoms with E-state index in [4.69, 9.17) is 9.47 Å². The van der Waals surface area contributed by atoms with Crippen LogP contribution in [0.1, 0.15) is 24.2 Å². The first-order valence-corrected chi connectivity index (χ1v) is 5.11. The number of ether oxygens (including phenoxy) is 2. The Bertz CT molecular complexity index is 356. The van der Waals surface area contributed by atoms with Crippen LogP contribution in [0.25, 0.3) is 0 Å². The average molecular weight is 206 g/mol. The molecule has 0 bridgehead atoms. The van der Waals surface area contributed by atoms with Crippen molar-refractivity contribution in [1.29, 1.82) is 0 Å². The number of hydrogen-bond donors (Lipinski definition) is 0. The first kappa shape index (κ1) is 10.2.